The van der Waals surface area contributed by atoms with Gasteiger partial charge in [0, 0.05) is 11.9 Å². The molecule has 88 valence electrons. The summed E-state index contributed by atoms with van der Waals surface area (Å²) in [7, 11) is 0. The van der Waals surface area contributed by atoms with E-state index in [1.54, 1.807) is 12.1 Å². The maximum atomic E-state index is 13.1. The van der Waals surface area contributed by atoms with Gasteiger partial charge in [0.2, 0.25) is 0 Å². The van der Waals surface area contributed by atoms with E-state index in [-0.39, 0.29) is 5.82 Å². The molecule has 0 saturated carbocycles. The van der Waals surface area contributed by atoms with E-state index in [9.17, 15) is 4.39 Å². The lowest BCUT2D eigenvalue weighted by Crippen LogP contribution is -1.97. The molecule has 1 aromatic heterocycles. The van der Waals surface area contributed by atoms with Crippen LogP contribution in [0.3, 0.4) is 0 Å². The molecule has 0 atom stereocenters. The number of aromatic nitrogens is 1. The molecule has 2 rings (SSSR count). The molecular weight excluding hydrogens is 307 g/mol. The van der Waals surface area contributed by atoms with Gasteiger partial charge in [-0.05, 0) is 46.6 Å². The first kappa shape index (κ1) is 12.3. The largest absolute Gasteiger partial charge is 0.339 e. The van der Waals surface area contributed by atoms with E-state index >= 15 is 0 Å². The zero-order valence-corrected chi connectivity index (χ0v) is 11.3. The number of benzene rings is 1. The predicted molar refractivity (Wildman–Crippen MR) is 71.4 cm³/mol. The molecule has 0 saturated heterocycles. The highest BCUT2D eigenvalue weighted by Crippen LogP contribution is 2.27. The van der Waals surface area contributed by atoms with Crippen molar-refractivity contribution in [2.24, 2.45) is 0 Å². The molecular formula is C12H9BrClFN2. The van der Waals surface area contributed by atoms with E-state index in [4.69, 9.17) is 11.6 Å². The minimum Gasteiger partial charge on any atom is -0.339 e. The molecule has 17 heavy (non-hydrogen) atoms. The number of hydrogen-bond acceptors (Lipinski definition) is 2. The lowest BCUT2D eigenvalue weighted by molar-refractivity contribution is 0.628. The van der Waals surface area contributed by atoms with Crippen molar-refractivity contribution in [1.82, 2.24) is 4.98 Å². The van der Waals surface area contributed by atoms with Crippen LogP contribution in [0.2, 0.25) is 5.02 Å². The van der Waals surface area contributed by atoms with Gasteiger partial charge in [0.1, 0.15) is 11.6 Å². The number of hydrogen-bond donors (Lipinski definition) is 1. The Hall–Kier alpha value is -1.13. The van der Waals surface area contributed by atoms with Gasteiger partial charge in [0.15, 0.2) is 0 Å². The lowest BCUT2D eigenvalue weighted by Gasteiger charge is -2.10. The van der Waals surface area contributed by atoms with Crippen molar-refractivity contribution in [2.45, 2.75) is 6.92 Å². The van der Waals surface area contributed by atoms with Crippen molar-refractivity contribution in [3.8, 4) is 0 Å². The van der Waals surface area contributed by atoms with Crippen LogP contribution >= 0.6 is 27.5 Å². The van der Waals surface area contributed by atoms with E-state index in [0.717, 1.165) is 10.0 Å². The summed E-state index contributed by atoms with van der Waals surface area (Å²) in [5.74, 6) is 0.311. The van der Waals surface area contributed by atoms with Gasteiger partial charge in [-0.25, -0.2) is 9.37 Å². The van der Waals surface area contributed by atoms with E-state index in [0.29, 0.717) is 16.5 Å². The van der Waals surface area contributed by atoms with Crippen LogP contribution in [0.1, 0.15) is 5.56 Å². The van der Waals surface area contributed by atoms with Gasteiger partial charge in [-0.2, -0.15) is 0 Å². The molecule has 0 aliphatic carbocycles. The average Bonchev–Trinajstić information content (AvgIpc) is 2.27. The smallest absolute Gasteiger partial charge is 0.144 e. The second-order valence-corrected chi connectivity index (χ2v) is 4.86. The Balaban J connectivity index is 2.34. The molecule has 0 unspecified atom stereocenters. The Morgan fingerprint density at radius 2 is 2.12 bits per heavy atom. The molecule has 0 radical (unpaired) electrons. The van der Waals surface area contributed by atoms with Crippen LogP contribution in [0.25, 0.3) is 0 Å². The van der Waals surface area contributed by atoms with Crippen LogP contribution in [0.15, 0.2) is 34.9 Å². The van der Waals surface area contributed by atoms with Gasteiger partial charge in [0.05, 0.1) is 9.50 Å². The van der Waals surface area contributed by atoms with Crippen molar-refractivity contribution in [3.63, 3.8) is 0 Å². The third kappa shape index (κ3) is 2.96. The fourth-order valence-corrected chi connectivity index (χ4v) is 2.10. The Labute approximate surface area is 112 Å². The summed E-state index contributed by atoms with van der Waals surface area (Å²) in [6.45, 7) is 1.89. The minimum absolute atomic E-state index is 0.289. The number of halogens is 3. The molecule has 0 aliphatic heterocycles. The molecule has 2 aromatic rings. The Bertz CT molecular complexity index is 560. The standard InChI is InChI=1S/C12H9BrClFN2/c1-7-2-3-9(15)5-11(7)17-12-10(13)4-8(14)6-16-12/h2-6H,1H3,(H,16,17). The van der Waals surface area contributed by atoms with Gasteiger partial charge in [-0.3, -0.25) is 0 Å². The molecule has 0 fully saturated rings. The summed E-state index contributed by atoms with van der Waals surface area (Å²) in [5, 5.41) is 3.59. The van der Waals surface area contributed by atoms with Crippen LogP contribution in [-0.4, -0.2) is 4.98 Å². The Morgan fingerprint density at radius 3 is 2.82 bits per heavy atom. The van der Waals surface area contributed by atoms with E-state index in [1.807, 2.05) is 6.92 Å². The first-order chi connectivity index (χ1) is 8.06. The van der Waals surface area contributed by atoms with Gasteiger partial charge in [0.25, 0.3) is 0 Å². The Kier molecular flexibility index (Phi) is 3.64. The maximum Gasteiger partial charge on any atom is 0.144 e. The van der Waals surface area contributed by atoms with Crippen molar-refractivity contribution in [1.29, 1.82) is 0 Å². The molecule has 1 N–H and O–H groups in total. The number of rotatable bonds is 2. The number of pyridine rings is 1. The molecule has 0 bridgehead atoms. The first-order valence-electron chi connectivity index (χ1n) is 4.90. The molecule has 5 heteroatoms. The van der Waals surface area contributed by atoms with Crippen LogP contribution < -0.4 is 5.32 Å². The summed E-state index contributed by atoms with van der Waals surface area (Å²) < 4.78 is 13.9. The molecule has 0 amide bonds. The Morgan fingerprint density at radius 1 is 1.35 bits per heavy atom. The zero-order valence-electron chi connectivity index (χ0n) is 8.97. The topological polar surface area (TPSA) is 24.9 Å². The third-order valence-corrected chi connectivity index (χ3v) is 3.07. The number of aryl methyl sites for hydroxylation is 1. The number of nitrogens with zero attached hydrogens (tertiary/aromatic N) is 1. The third-order valence-electron chi connectivity index (χ3n) is 2.26. The van der Waals surface area contributed by atoms with Gasteiger partial charge < -0.3 is 5.32 Å². The average molecular weight is 316 g/mol. The summed E-state index contributed by atoms with van der Waals surface area (Å²) in [6, 6.07) is 6.29. The van der Waals surface area contributed by atoms with Crippen molar-refractivity contribution >= 4 is 39.0 Å². The van der Waals surface area contributed by atoms with Crippen LogP contribution in [-0.2, 0) is 0 Å². The van der Waals surface area contributed by atoms with E-state index in [1.165, 1.54) is 18.3 Å². The zero-order chi connectivity index (χ0) is 12.4. The van der Waals surface area contributed by atoms with Gasteiger partial charge >= 0.3 is 0 Å². The summed E-state index contributed by atoms with van der Waals surface area (Å²) >= 11 is 9.14. The van der Waals surface area contributed by atoms with Gasteiger partial charge in [-0.1, -0.05) is 17.7 Å². The molecule has 2 nitrogen and oxygen atoms in total. The minimum atomic E-state index is -0.289. The van der Waals surface area contributed by atoms with Crippen molar-refractivity contribution in [2.75, 3.05) is 5.32 Å². The fourth-order valence-electron chi connectivity index (χ4n) is 1.36. The summed E-state index contributed by atoms with van der Waals surface area (Å²) in [5.41, 5.74) is 1.62. The fraction of sp³-hybridized carbons (Fsp3) is 0.0833. The monoisotopic (exact) mass is 314 g/mol. The summed E-state index contributed by atoms with van der Waals surface area (Å²) in [4.78, 5) is 4.13. The van der Waals surface area contributed by atoms with Crippen molar-refractivity contribution < 1.29 is 4.39 Å². The molecule has 0 aliphatic rings. The normalized spacial score (nSPS) is 10.4. The number of anilines is 2. The van der Waals surface area contributed by atoms with Gasteiger partial charge in [-0.15, -0.1) is 0 Å². The highest BCUT2D eigenvalue weighted by molar-refractivity contribution is 9.10. The lowest BCUT2D eigenvalue weighted by atomic mass is 10.2. The quantitative estimate of drug-likeness (QED) is 0.869. The molecule has 1 aromatic carbocycles. The predicted octanol–water partition coefficient (Wildman–Crippen LogP) is 4.69. The summed E-state index contributed by atoms with van der Waals surface area (Å²) in [6.07, 6.45) is 1.53. The second kappa shape index (κ2) is 5.02. The van der Waals surface area contributed by atoms with E-state index < -0.39 is 0 Å². The van der Waals surface area contributed by atoms with Crippen LogP contribution in [0.4, 0.5) is 15.9 Å². The number of nitrogens with one attached hydrogen (secondary N) is 1. The SMILES string of the molecule is Cc1ccc(F)cc1Nc1ncc(Cl)cc1Br. The van der Waals surface area contributed by atoms with Crippen LogP contribution in [0.5, 0.6) is 0 Å². The molecule has 0 spiro atoms. The highest BCUT2D eigenvalue weighted by Gasteiger charge is 2.05. The second-order valence-electron chi connectivity index (χ2n) is 3.57. The highest BCUT2D eigenvalue weighted by atomic mass is 79.9. The van der Waals surface area contributed by atoms with E-state index in [2.05, 4.69) is 26.2 Å². The van der Waals surface area contributed by atoms with Crippen molar-refractivity contribution in [3.05, 3.63) is 51.3 Å². The maximum absolute atomic E-state index is 13.1. The first-order valence-corrected chi connectivity index (χ1v) is 6.07. The molecule has 1 heterocycles. The van der Waals surface area contributed by atoms with Crippen LogP contribution in [0, 0.1) is 12.7 Å².